The summed E-state index contributed by atoms with van der Waals surface area (Å²) in [7, 11) is 0. The Morgan fingerprint density at radius 2 is 1.94 bits per heavy atom. The van der Waals surface area contributed by atoms with E-state index in [9.17, 15) is 18.4 Å². The van der Waals surface area contributed by atoms with Crippen LogP contribution in [-0.4, -0.2) is 21.2 Å². The number of nitrogens with zero attached hydrogens (tertiary/aromatic N) is 2. The molecule has 1 N–H and O–H groups in total. The van der Waals surface area contributed by atoms with Gasteiger partial charge in [-0.05, 0) is 37.1 Å². The van der Waals surface area contributed by atoms with E-state index >= 15 is 0 Å². The molecule has 0 aliphatic heterocycles. The number of carbonyl (C=O) groups is 1. The van der Waals surface area contributed by atoms with E-state index in [1.54, 1.807) is 29.7 Å². The van der Waals surface area contributed by atoms with Gasteiger partial charge in [-0.3, -0.25) is 14.2 Å². The van der Waals surface area contributed by atoms with Crippen molar-refractivity contribution in [2.75, 3.05) is 5.75 Å². The fourth-order valence-corrected chi connectivity index (χ4v) is 4.14. The molecule has 1 atom stereocenters. The Morgan fingerprint density at radius 1 is 1.19 bits per heavy atom. The molecule has 0 saturated carbocycles. The van der Waals surface area contributed by atoms with Crippen molar-refractivity contribution >= 4 is 40.2 Å². The van der Waals surface area contributed by atoms with E-state index in [-0.39, 0.29) is 28.7 Å². The zero-order chi connectivity index (χ0) is 22.7. The topological polar surface area (TPSA) is 64.0 Å². The van der Waals surface area contributed by atoms with Crippen LogP contribution < -0.4 is 10.9 Å². The molecule has 0 aliphatic rings. The van der Waals surface area contributed by atoms with Crippen molar-refractivity contribution in [2.24, 2.45) is 5.92 Å². The number of nitrogens with one attached hydrogen (secondary N) is 1. The van der Waals surface area contributed by atoms with Crippen LogP contribution in [0.15, 0.2) is 46.3 Å². The van der Waals surface area contributed by atoms with Crippen LogP contribution in [0.25, 0.3) is 10.9 Å². The van der Waals surface area contributed by atoms with Crippen molar-refractivity contribution in [2.45, 2.75) is 38.5 Å². The van der Waals surface area contributed by atoms with Gasteiger partial charge in [-0.1, -0.05) is 43.3 Å². The third-order valence-electron chi connectivity index (χ3n) is 4.57. The maximum Gasteiger partial charge on any atom is 0.262 e. The highest BCUT2D eigenvalue weighted by Crippen LogP contribution is 2.22. The summed E-state index contributed by atoms with van der Waals surface area (Å²) in [5, 5.41) is 3.98. The molecule has 3 aromatic rings. The minimum absolute atomic E-state index is 0.0171. The predicted molar refractivity (Wildman–Crippen MR) is 119 cm³/mol. The lowest BCUT2D eigenvalue weighted by atomic mass is 10.1. The van der Waals surface area contributed by atoms with Crippen LogP contribution in [0.5, 0.6) is 0 Å². The van der Waals surface area contributed by atoms with Crippen molar-refractivity contribution in [1.29, 1.82) is 0 Å². The molecule has 0 radical (unpaired) electrons. The van der Waals surface area contributed by atoms with E-state index in [4.69, 9.17) is 11.6 Å². The average Bonchev–Trinajstić information content (AvgIpc) is 2.69. The molecule has 0 fully saturated rings. The largest absolute Gasteiger partial charge is 0.349 e. The number of aromatic nitrogens is 2. The second-order valence-corrected chi connectivity index (χ2v) is 8.99. The smallest absolute Gasteiger partial charge is 0.262 e. The molecule has 1 heterocycles. The molecule has 9 heteroatoms. The third-order valence-corrected chi connectivity index (χ3v) is 5.78. The highest BCUT2D eigenvalue weighted by Gasteiger charge is 2.17. The van der Waals surface area contributed by atoms with Gasteiger partial charge in [0.25, 0.3) is 5.56 Å². The summed E-state index contributed by atoms with van der Waals surface area (Å²) in [6.45, 7) is 6.02. The molecule has 1 amide bonds. The Hall–Kier alpha value is -2.45. The molecule has 164 valence electrons. The number of halogens is 3. The van der Waals surface area contributed by atoms with Gasteiger partial charge < -0.3 is 5.32 Å². The lowest BCUT2D eigenvalue weighted by Crippen LogP contribution is -2.30. The Morgan fingerprint density at radius 3 is 2.61 bits per heavy atom. The van der Waals surface area contributed by atoms with E-state index < -0.39 is 17.7 Å². The average molecular weight is 466 g/mol. The molecule has 1 aromatic heterocycles. The summed E-state index contributed by atoms with van der Waals surface area (Å²) >= 11 is 7.16. The van der Waals surface area contributed by atoms with Crippen LogP contribution in [0.4, 0.5) is 8.78 Å². The highest BCUT2D eigenvalue weighted by molar-refractivity contribution is 7.99. The van der Waals surface area contributed by atoms with Crippen LogP contribution in [0, 0.1) is 17.6 Å². The molecule has 0 aliphatic carbocycles. The number of rotatable bonds is 7. The lowest BCUT2D eigenvalue weighted by molar-refractivity contribution is -0.119. The number of hydrogen-bond acceptors (Lipinski definition) is 4. The first-order valence-electron chi connectivity index (χ1n) is 9.73. The fourth-order valence-electron chi connectivity index (χ4n) is 3.15. The van der Waals surface area contributed by atoms with Crippen molar-refractivity contribution in [1.82, 2.24) is 14.9 Å². The molecule has 0 spiro atoms. The molecule has 0 saturated heterocycles. The molecule has 31 heavy (non-hydrogen) atoms. The standard InChI is InChI=1S/C22H22ClF2N3O2S/c1-12(2)10-28-21(30)17-8-14(23)4-7-19(17)27-22(28)31-11-20(29)26-13(3)16-6-5-15(24)9-18(16)25/h4-9,12-13H,10-11H2,1-3H3,(H,26,29). The molecule has 2 aromatic carbocycles. The number of fused-ring (bicyclic) bond motifs is 1. The lowest BCUT2D eigenvalue weighted by Gasteiger charge is -2.17. The molecular formula is C22H22ClF2N3O2S. The van der Waals surface area contributed by atoms with Crippen molar-refractivity contribution < 1.29 is 13.6 Å². The Bertz CT molecular complexity index is 1180. The summed E-state index contributed by atoms with van der Waals surface area (Å²) in [4.78, 5) is 30.0. The summed E-state index contributed by atoms with van der Waals surface area (Å²) < 4.78 is 28.6. The second kappa shape index (κ2) is 9.78. The summed E-state index contributed by atoms with van der Waals surface area (Å²) in [6.07, 6.45) is 0. The first-order chi connectivity index (χ1) is 14.7. The fraction of sp³-hybridized carbons (Fsp3) is 0.318. The van der Waals surface area contributed by atoms with Crippen LogP contribution in [-0.2, 0) is 11.3 Å². The van der Waals surface area contributed by atoms with Crippen LogP contribution in [0.3, 0.4) is 0 Å². The van der Waals surface area contributed by atoms with Gasteiger partial charge in [-0.15, -0.1) is 0 Å². The van der Waals surface area contributed by atoms with Crippen LogP contribution >= 0.6 is 23.4 Å². The summed E-state index contributed by atoms with van der Waals surface area (Å²) in [5.41, 5.74) is 0.474. The third kappa shape index (κ3) is 5.62. The quantitative estimate of drug-likeness (QED) is 0.396. The van der Waals surface area contributed by atoms with E-state index in [0.29, 0.717) is 27.6 Å². The van der Waals surface area contributed by atoms with Gasteiger partial charge in [0, 0.05) is 23.2 Å². The maximum absolute atomic E-state index is 13.9. The summed E-state index contributed by atoms with van der Waals surface area (Å²) in [5.74, 6) is -1.59. The molecule has 5 nitrogen and oxygen atoms in total. The molecule has 3 rings (SSSR count). The second-order valence-electron chi connectivity index (χ2n) is 7.61. The van der Waals surface area contributed by atoms with Crippen LogP contribution in [0.1, 0.15) is 32.4 Å². The molecule has 0 bridgehead atoms. The van der Waals surface area contributed by atoms with Crippen molar-refractivity contribution in [3.8, 4) is 0 Å². The van der Waals surface area contributed by atoms with Gasteiger partial charge in [0.2, 0.25) is 5.91 Å². The minimum Gasteiger partial charge on any atom is -0.349 e. The number of benzene rings is 2. The van der Waals surface area contributed by atoms with Crippen LogP contribution in [0.2, 0.25) is 5.02 Å². The highest BCUT2D eigenvalue weighted by atomic mass is 35.5. The monoisotopic (exact) mass is 465 g/mol. The first kappa shape index (κ1) is 23.2. The normalized spacial score (nSPS) is 12.4. The minimum atomic E-state index is -0.721. The number of amides is 1. The predicted octanol–water partition coefficient (Wildman–Crippen LogP) is 4.95. The van der Waals surface area contributed by atoms with Gasteiger partial charge in [-0.25, -0.2) is 13.8 Å². The molecule has 1 unspecified atom stereocenters. The zero-order valence-corrected chi connectivity index (χ0v) is 18.9. The Kier molecular flexibility index (Phi) is 7.33. The Balaban J connectivity index is 1.79. The van der Waals surface area contributed by atoms with Gasteiger partial charge in [0.1, 0.15) is 11.6 Å². The zero-order valence-electron chi connectivity index (χ0n) is 17.3. The number of hydrogen-bond donors (Lipinski definition) is 1. The van der Waals surface area contributed by atoms with E-state index in [1.165, 1.54) is 6.07 Å². The van der Waals surface area contributed by atoms with Crippen molar-refractivity contribution in [3.63, 3.8) is 0 Å². The SMILES string of the molecule is CC(C)Cn1c(SCC(=O)NC(C)c2ccc(F)cc2F)nc2ccc(Cl)cc2c1=O. The van der Waals surface area contributed by atoms with E-state index in [2.05, 4.69) is 10.3 Å². The van der Waals surface area contributed by atoms with Gasteiger partial charge in [0.05, 0.1) is 22.7 Å². The van der Waals surface area contributed by atoms with Gasteiger partial charge in [-0.2, -0.15) is 0 Å². The van der Waals surface area contributed by atoms with Crippen molar-refractivity contribution in [3.05, 3.63) is 69.0 Å². The van der Waals surface area contributed by atoms with Gasteiger partial charge >= 0.3 is 0 Å². The molecular weight excluding hydrogens is 444 g/mol. The Labute approximate surface area is 187 Å². The maximum atomic E-state index is 13.9. The number of thioether (sulfide) groups is 1. The summed E-state index contributed by atoms with van der Waals surface area (Å²) in [6, 6.07) is 7.50. The first-order valence-corrected chi connectivity index (χ1v) is 11.1. The number of carbonyl (C=O) groups excluding carboxylic acids is 1. The van der Waals surface area contributed by atoms with E-state index in [1.807, 2.05) is 13.8 Å². The van der Waals surface area contributed by atoms with E-state index in [0.717, 1.165) is 23.9 Å². The van der Waals surface area contributed by atoms with Gasteiger partial charge in [0.15, 0.2) is 5.16 Å².